The molecule has 1 N–H and O–H groups in total. The summed E-state index contributed by atoms with van der Waals surface area (Å²) in [6, 6.07) is 39.1. The molecule has 0 saturated carbocycles. The molecule has 0 saturated heterocycles. The Hall–Kier alpha value is 19.7. The van der Waals surface area contributed by atoms with Gasteiger partial charge in [0.1, 0.15) is 0 Å². The molecule has 0 aromatic heterocycles. The molecule has 0 fully saturated rings. The first-order valence-electron chi connectivity index (χ1n) is 27.6. The van der Waals surface area contributed by atoms with Crippen LogP contribution < -0.4 is 5.32 Å². The first-order chi connectivity index (χ1) is 67.8. The quantitative estimate of drug-likeness (QED) is 0.178. The van der Waals surface area contributed by atoms with Gasteiger partial charge in [-0.25, -0.2) is 0 Å². The summed E-state index contributed by atoms with van der Waals surface area (Å²) in [6.45, 7) is 0. The van der Waals surface area contributed by atoms with Crippen LogP contribution >= 0.6 is 0 Å². The van der Waals surface area contributed by atoms with Crippen molar-refractivity contribution in [2.45, 2.75) is 0 Å². The van der Waals surface area contributed by atoms with Crippen LogP contribution in [-0.2, 0) is 955 Å². The molecule has 1 nitrogen and oxygen atoms in total. The molecule has 0 radical (unpaired) electrons. The summed E-state index contributed by atoms with van der Waals surface area (Å²) in [4.78, 5) is 0. The van der Waals surface area contributed by atoms with Crippen molar-refractivity contribution in [2.24, 2.45) is 0 Å². The third kappa shape index (κ3) is 94.5. The summed E-state index contributed by atoms with van der Waals surface area (Å²) >= 11 is 9.66. The predicted molar refractivity (Wildman–Crippen MR) is 914 cm³/mol. The summed E-state index contributed by atoms with van der Waals surface area (Å²) in [6.07, 6.45) is 0. The Balaban J connectivity index is 0.000000927. The highest BCUT2D eigenvalue weighted by atomic mass is 33.6. The highest BCUT2D eigenvalue weighted by Crippen LogP contribution is 2.35. The van der Waals surface area contributed by atoms with Crippen molar-refractivity contribution in [1.82, 2.24) is 0 Å². The monoisotopic (exact) mass is 3790 g/mol. The zero-order chi connectivity index (χ0) is 95.5. The third-order valence-electron chi connectivity index (χ3n) is 8.68. The molecule has 0 aliphatic rings. The molecule has 0 aliphatic heterocycles. The highest BCUT2D eigenvalue weighted by molar-refractivity contribution is 8.88. The van der Waals surface area contributed by atoms with Gasteiger partial charge < -0.3 is 5.32 Å². The van der Waals surface area contributed by atoms with Gasteiger partial charge in [0.2, 0.25) is 0 Å². The molecule has 0 spiro atoms. The lowest BCUT2D eigenvalue weighted by molar-refractivity contribution is 1.62. The van der Waals surface area contributed by atoms with Gasteiger partial charge in [0, 0.05) is 972 Å². The Bertz CT molecular complexity index is 10600. The smallest absolute Gasteiger partial charge is 0.0470 e. The van der Waals surface area contributed by atoms with Crippen molar-refractivity contribution in [3.8, 4) is 0 Å². The molecular formula is C28H19NS107. The van der Waals surface area contributed by atoms with Gasteiger partial charge in [0.05, 0.1) is 0 Å². The average molecular weight is 3800 g/mol. The molecule has 108 heteroatoms. The van der Waals surface area contributed by atoms with Gasteiger partial charge in [-0.05, 0) is 55.9 Å². The second-order valence-electron chi connectivity index (χ2n) is 14.7. The maximum atomic E-state index is 4.83. The van der Waals surface area contributed by atoms with Crippen LogP contribution in [0.4, 0.5) is 11.4 Å². The number of benzene rings is 6. The van der Waals surface area contributed by atoms with E-state index < -0.39 is 0 Å². The molecule has 778 valence electrons. The molecule has 0 heterocycles. The largest absolute Gasteiger partial charge is 0.355 e. The number of hydrogen-bond donors (Lipinski definition) is 1. The van der Waals surface area contributed by atoms with Crippen LogP contribution in [0.15, 0.2) is 109 Å². The fourth-order valence-corrected chi connectivity index (χ4v) is 288. The Labute approximate surface area is 1090 Å². The minimum Gasteiger partial charge on any atom is -0.355 e. The van der Waals surface area contributed by atoms with E-state index in [0.29, 0.717) is 0 Å². The van der Waals surface area contributed by atoms with Gasteiger partial charge in [-0.1, -0.05) is 91.0 Å². The van der Waals surface area contributed by atoms with E-state index >= 15 is 0 Å². The van der Waals surface area contributed by atoms with Crippen molar-refractivity contribution in [1.29, 1.82) is 0 Å². The van der Waals surface area contributed by atoms with E-state index in [2.05, 4.69) is 115 Å². The molecular weight excluding hydrogens is 3780 g/mol. The summed E-state index contributed by atoms with van der Waals surface area (Å²) in [5, 5.41) is 13.9. The standard InChI is InChI=1S/C28H19N.S107/c1-3-9-23-19(7-1)13-14-20-15-16-22(18-27(20)23)29-28-17-21-8-2-4-10-24(21)25-11-5-6-12-26(25)28;1-3-5-7-9-11-13-15-17-19-21-23-25-27-29-31-33-35-37-39-41-43-45-47-49-51-53-55-57-59-61-63-65-67-69-71-73-75-77-79-81-83-85-87-89-91-93-95-97-99-101-103-105-107-106-104-102-100-98-96-94-92-90-88-86-84-82-80-78-76-74-72-70-68-66-64-62-60-58-56-54-52-50-48-46-44-42-40-38-36-34-32-30-28-26-24-22-20-18-16-14-12-10-8-6-4-2/h1-18,29H;. The van der Waals surface area contributed by atoms with Crippen LogP contribution in [0.1, 0.15) is 0 Å². The summed E-state index contributed by atoms with van der Waals surface area (Å²) < 4.78 is 0. The van der Waals surface area contributed by atoms with Gasteiger partial charge in [0.25, 0.3) is 0 Å². The maximum absolute atomic E-state index is 4.83. The second kappa shape index (κ2) is 121. The first-order valence-corrected chi connectivity index (χ1v) is 169. The number of fused-ring (bicyclic) bond motifs is 6. The van der Waals surface area contributed by atoms with E-state index in [1.165, 1.54) is 60.9 Å². The Kier molecular flexibility index (Phi) is 130. The van der Waals surface area contributed by atoms with Crippen molar-refractivity contribution in [3.63, 3.8) is 0 Å². The fourth-order valence-electron chi connectivity index (χ4n) is 5.56. The van der Waals surface area contributed by atoms with Gasteiger partial charge in [-0.2, -0.15) is 0 Å². The number of nitrogens with one attached hydrogen (secondary N) is 1. The van der Waals surface area contributed by atoms with E-state index in [0.717, 1.165) is 11.4 Å². The number of hydrogen-bond acceptors (Lipinski definition) is 3. The lowest BCUT2D eigenvalue weighted by Gasteiger charge is -2.14. The summed E-state index contributed by atoms with van der Waals surface area (Å²) in [5.74, 6) is 0. The minimum absolute atomic E-state index is 1.11. The van der Waals surface area contributed by atoms with E-state index in [4.69, 9.17) is 22.4 Å². The topological polar surface area (TPSA) is 12.0 Å². The molecule has 0 amide bonds. The molecule has 0 bridgehead atoms. The van der Waals surface area contributed by atoms with E-state index in [-0.39, 0.29) is 0 Å². The SMILES string of the molecule is S=S=S=S=S=S=S=S=S=S=S=S=S=S=S=S=S=S=S=S=S=S=S=S=S=S=S=S=S=S=S=S=S=S=S=S=S=S=S=S=S=S=S=S=S=S=S=S=S=S=S=S=S=S=S=S=S=S=S=S=S=S=S=S=S=S=S=S=S=S=S=S=S=S=S=S=S=S=S=S=S=S=S=S=S=S=S=S=S=S=S=S=S=S=S=S=S=S=S=S=S=S=S=S=S=S=S.c1ccc2c(c1)ccc1ccc(Nc3cc4ccccc4c4ccccc34)cc12. The van der Waals surface area contributed by atoms with Gasteiger partial charge in [0.15, 0.2) is 0 Å². The molecule has 0 unspecified atom stereocenters. The van der Waals surface area contributed by atoms with Gasteiger partial charge in [-0.15, -0.1) is 0 Å². The van der Waals surface area contributed by atoms with Crippen LogP contribution in [0.2, 0.25) is 0 Å². The summed E-state index contributed by atoms with van der Waals surface area (Å²) in [5.41, 5.74) is 2.24. The van der Waals surface area contributed by atoms with Crippen LogP contribution in [0.5, 0.6) is 0 Å². The van der Waals surface area contributed by atoms with E-state index in [1.807, 2.05) is 808 Å². The van der Waals surface area contributed by atoms with Gasteiger partial charge >= 0.3 is 0 Å². The number of rotatable bonds is 2. The highest BCUT2D eigenvalue weighted by Gasteiger charge is 2.08. The normalized spacial score (nSPS) is 8.65. The zero-order valence-corrected chi connectivity index (χ0v) is 147. The summed E-state index contributed by atoms with van der Waals surface area (Å²) in [7, 11) is 190. The lowest BCUT2D eigenvalue weighted by Crippen LogP contribution is -1.93. The van der Waals surface area contributed by atoms with Crippen molar-refractivity contribution < 1.29 is 0 Å². The van der Waals surface area contributed by atoms with Crippen molar-refractivity contribution >= 4 is 1010 Å². The molecule has 136 heavy (non-hydrogen) atoms. The van der Waals surface area contributed by atoms with Gasteiger partial charge in [-0.3, -0.25) is 0 Å². The van der Waals surface area contributed by atoms with Crippen LogP contribution in [0.25, 0.3) is 43.1 Å². The fraction of sp³-hybridized carbons (Fsp3) is 0. The number of anilines is 2. The van der Waals surface area contributed by atoms with Crippen LogP contribution in [-0.4, -0.2) is 0 Å². The van der Waals surface area contributed by atoms with Crippen molar-refractivity contribution in [2.75, 3.05) is 5.32 Å². The average Bonchev–Trinajstić information content (AvgIpc) is 0.767. The third-order valence-corrected chi connectivity index (χ3v) is 240. The second-order valence-corrected chi connectivity index (χ2v) is 200. The lowest BCUT2D eigenvalue weighted by atomic mass is 9.99. The molecule has 6 aromatic rings. The molecule has 6 rings (SSSR count). The maximum Gasteiger partial charge on any atom is 0.0470 e. The Morgan fingerprint density at radius 2 is 0.257 bits per heavy atom. The minimum atomic E-state index is 1.11. The van der Waals surface area contributed by atoms with Crippen LogP contribution in [0.3, 0.4) is 0 Å². The predicted octanol–water partition coefficient (Wildman–Crippen LogP) is 7.79. The molecule has 6 aromatic carbocycles. The Morgan fingerprint density at radius 3 is 0.449 bits per heavy atom. The van der Waals surface area contributed by atoms with E-state index in [9.17, 15) is 0 Å². The van der Waals surface area contributed by atoms with Crippen LogP contribution in [0, 0.1) is 0 Å². The van der Waals surface area contributed by atoms with E-state index in [1.54, 1.807) is 107 Å². The zero-order valence-electron chi connectivity index (χ0n) is 59.6. The Morgan fingerprint density at radius 1 is 0.118 bits per heavy atom. The molecule has 0 aliphatic carbocycles. The first kappa shape index (κ1) is 146. The molecule has 0 atom stereocenters. The van der Waals surface area contributed by atoms with Crippen molar-refractivity contribution in [3.05, 3.63) is 109 Å².